The van der Waals surface area contributed by atoms with Crippen molar-refractivity contribution in [3.05, 3.63) is 94.6 Å². The summed E-state index contributed by atoms with van der Waals surface area (Å²) in [6.07, 6.45) is 0.351. The van der Waals surface area contributed by atoms with Crippen molar-refractivity contribution in [1.82, 2.24) is 3.97 Å². The SMILES string of the molecule is CC(C)c1ccc(S(=O)(=O)n2c(Cc3cccc(O)c3)cc3cc(Cl)ccc32)cc1. The molecule has 0 aliphatic carbocycles. The van der Waals surface area contributed by atoms with Gasteiger partial charge in [0.05, 0.1) is 10.4 Å². The lowest BCUT2D eigenvalue weighted by Gasteiger charge is -2.13. The van der Waals surface area contributed by atoms with Crippen LogP contribution in [0.5, 0.6) is 5.75 Å². The second kappa shape index (κ2) is 7.82. The van der Waals surface area contributed by atoms with E-state index in [0.29, 0.717) is 28.6 Å². The minimum atomic E-state index is -3.83. The van der Waals surface area contributed by atoms with Crippen LogP contribution in [0.4, 0.5) is 0 Å². The Hall–Kier alpha value is -2.76. The van der Waals surface area contributed by atoms with Crippen LogP contribution in [-0.2, 0) is 16.4 Å². The van der Waals surface area contributed by atoms with E-state index in [4.69, 9.17) is 11.6 Å². The summed E-state index contributed by atoms with van der Waals surface area (Å²) in [5.74, 6) is 0.461. The molecule has 1 aromatic heterocycles. The molecule has 3 aromatic carbocycles. The number of halogens is 1. The topological polar surface area (TPSA) is 59.3 Å². The van der Waals surface area contributed by atoms with Gasteiger partial charge in [-0.15, -0.1) is 0 Å². The lowest BCUT2D eigenvalue weighted by atomic mass is 10.0. The molecule has 4 aromatic rings. The van der Waals surface area contributed by atoms with E-state index in [1.807, 2.05) is 24.3 Å². The largest absolute Gasteiger partial charge is 0.508 e. The molecule has 1 N–H and O–H groups in total. The monoisotopic (exact) mass is 439 g/mol. The van der Waals surface area contributed by atoms with Crippen LogP contribution in [0.1, 0.15) is 36.6 Å². The highest BCUT2D eigenvalue weighted by atomic mass is 35.5. The van der Waals surface area contributed by atoms with Crippen molar-refractivity contribution >= 4 is 32.5 Å². The number of rotatable bonds is 5. The van der Waals surface area contributed by atoms with Crippen LogP contribution >= 0.6 is 11.6 Å². The molecule has 4 nitrogen and oxygen atoms in total. The predicted octanol–water partition coefficient (Wildman–Crippen LogP) is 5.95. The van der Waals surface area contributed by atoms with Gasteiger partial charge in [0.25, 0.3) is 10.0 Å². The number of hydrogen-bond acceptors (Lipinski definition) is 3. The van der Waals surface area contributed by atoms with Gasteiger partial charge in [0.15, 0.2) is 0 Å². The van der Waals surface area contributed by atoms with Gasteiger partial charge in [-0.05, 0) is 65.6 Å². The summed E-state index contributed by atoms with van der Waals surface area (Å²) >= 11 is 6.15. The molecule has 0 radical (unpaired) electrons. The molecule has 154 valence electrons. The second-order valence-electron chi connectivity index (χ2n) is 7.68. The molecule has 0 saturated carbocycles. The van der Waals surface area contributed by atoms with E-state index in [1.54, 1.807) is 48.5 Å². The van der Waals surface area contributed by atoms with Gasteiger partial charge in [0, 0.05) is 22.5 Å². The number of hydrogen-bond donors (Lipinski definition) is 1. The maximum absolute atomic E-state index is 13.6. The van der Waals surface area contributed by atoms with Crippen LogP contribution < -0.4 is 0 Å². The molecule has 4 rings (SSSR count). The summed E-state index contributed by atoms with van der Waals surface area (Å²) in [6.45, 7) is 4.14. The number of aromatic hydroxyl groups is 1. The molecular formula is C24H22ClNO3S. The lowest BCUT2D eigenvalue weighted by Crippen LogP contribution is -2.16. The first-order valence-corrected chi connectivity index (χ1v) is 11.5. The highest BCUT2D eigenvalue weighted by molar-refractivity contribution is 7.90. The molecule has 0 saturated heterocycles. The quantitative estimate of drug-likeness (QED) is 0.418. The number of benzene rings is 3. The van der Waals surface area contributed by atoms with E-state index in [1.165, 1.54) is 3.97 Å². The predicted molar refractivity (Wildman–Crippen MR) is 121 cm³/mol. The normalized spacial score (nSPS) is 12.0. The molecule has 0 aliphatic heterocycles. The molecule has 0 atom stereocenters. The first-order valence-electron chi connectivity index (χ1n) is 9.69. The number of aromatic nitrogens is 1. The molecular weight excluding hydrogens is 418 g/mol. The third kappa shape index (κ3) is 3.83. The highest BCUT2D eigenvalue weighted by Gasteiger charge is 2.23. The summed E-state index contributed by atoms with van der Waals surface area (Å²) in [7, 11) is -3.83. The van der Waals surface area contributed by atoms with Crippen molar-refractivity contribution < 1.29 is 13.5 Å². The van der Waals surface area contributed by atoms with E-state index in [-0.39, 0.29) is 10.6 Å². The third-order valence-electron chi connectivity index (χ3n) is 5.17. The van der Waals surface area contributed by atoms with Crippen molar-refractivity contribution in [1.29, 1.82) is 0 Å². The maximum Gasteiger partial charge on any atom is 0.268 e. The van der Waals surface area contributed by atoms with Gasteiger partial charge in [-0.1, -0.05) is 49.7 Å². The Kier molecular flexibility index (Phi) is 5.35. The second-order valence-corrected chi connectivity index (χ2v) is 9.90. The van der Waals surface area contributed by atoms with Crippen LogP contribution in [0, 0.1) is 0 Å². The van der Waals surface area contributed by atoms with Gasteiger partial charge >= 0.3 is 0 Å². The Morgan fingerprint density at radius 3 is 2.37 bits per heavy atom. The molecule has 0 amide bonds. The molecule has 6 heteroatoms. The number of phenolic OH excluding ortho intramolecular Hbond substituents is 1. The zero-order valence-corrected chi connectivity index (χ0v) is 18.3. The van der Waals surface area contributed by atoms with E-state index in [0.717, 1.165) is 16.5 Å². The lowest BCUT2D eigenvalue weighted by molar-refractivity contribution is 0.474. The Labute approximate surface area is 181 Å². The Bertz CT molecular complexity index is 1320. The van der Waals surface area contributed by atoms with Crippen LogP contribution in [0.15, 0.2) is 77.7 Å². The third-order valence-corrected chi connectivity index (χ3v) is 7.19. The average molecular weight is 440 g/mol. The van der Waals surface area contributed by atoms with Crippen molar-refractivity contribution in [3.8, 4) is 5.75 Å². The standard InChI is InChI=1S/C24H22ClNO3S/c1-16(2)18-6-9-23(10-7-18)30(28,29)26-21(12-17-4-3-5-22(27)13-17)15-19-14-20(25)8-11-24(19)26/h3-11,13-16,27H,12H2,1-2H3. The fourth-order valence-corrected chi connectivity index (χ4v) is 5.35. The van der Waals surface area contributed by atoms with E-state index in [2.05, 4.69) is 13.8 Å². The van der Waals surface area contributed by atoms with Gasteiger partial charge < -0.3 is 5.11 Å². The van der Waals surface area contributed by atoms with Crippen molar-refractivity contribution in [2.45, 2.75) is 31.1 Å². The van der Waals surface area contributed by atoms with E-state index >= 15 is 0 Å². The van der Waals surface area contributed by atoms with Crippen LogP contribution in [-0.4, -0.2) is 17.5 Å². The first kappa shape index (κ1) is 20.5. The molecule has 30 heavy (non-hydrogen) atoms. The van der Waals surface area contributed by atoms with Gasteiger partial charge in [0.2, 0.25) is 0 Å². The van der Waals surface area contributed by atoms with E-state index in [9.17, 15) is 13.5 Å². The molecule has 0 aliphatic rings. The van der Waals surface area contributed by atoms with Gasteiger partial charge in [-0.2, -0.15) is 0 Å². The molecule has 0 spiro atoms. The minimum absolute atomic E-state index is 0.144. The van der Waals surface area contributed by atoms with Crippen molar-refractivity contribution in [2.24, 2.45) is 0 Å². The zero-order valence-electron chi connectivity index (χ0n) is 16.7. The van der Waals surface area contributed by atoms with E-state index < -0.39 is 10.0 Å². The molecule has 0 bridgehead atoms. The molecule has 0 fully saturated rings. The van der Waals surface area contributed by atoms with Crippen LogP contribution in [0.3, 0.4) is 0 Å². The maximum atomic E-state index is 13.6. The summed E-state index contributed by atoms with van der Waals surface area (Å²) in [4.78, 5) is 0.233. The number of phenols is 1. The van der Waals surface area contributed by atoms with Gasteiger partial charge in [-0.25, -0.2) is 12.4 Å². The summed E-state index contributed by atoms with van der Waals surface area (Å²) in [5.41, 5.74) is 3.07. The minimum Gasteiger partial charge on any atom is -0.508 e. The average Bonchev–Trinajstić information content (AvgIpc) is 3.05. The van der Waals surface area contributed by atoms with Gasteiger partial charge in [0.1, 0.15) is 5.75 Å². The van der Waals surface area contributed by atoms with Crippen LogP contribution in [0.25, 0.3) is 10.9 Å². The Morgan fingerprint density at radius 1 is 0.967 bits per heavy atom. The fourth-order valence-electron chi connectivity index (χ4n) is 3.63. The Morgan fingerprint density at radius 2 is 1.70 bits per heavy atom. The van der Waals surface area contributed by atoms with Gasteiger partial charge in [-0.3, -0.25) is 0 Å². The first-order chi connectivity index (χ1) is 14.3. The zero-order chi connectivity index (χ0) is 21.5. The van der Waals surface area contributed by atoms with Crippen molar-refractivity contribution in [3.63, 3.8) is 0 Å². The number of fused-ring (bicyclic) bond motifs is 1. The molecule has 0 unspecified atom stereocenters. The summed E-state index contributed by atoms with van der Waals surface area (Å²) < 4.78 is 28.6. The van der Waals surface area contributed by atoms with Crippen molar-refractivity contribution in [2.75, 3.05) is 0 Å². The smallest absolute Gasteiger partial charge is 0.268 e. The fraction of sp³-hybridized carbons (Fsp3) is 0.167. The molecule has 1 heterocycles. The summed E-state index contributed by atoms with van der Waals surface area (Å²) in [6, 6.07) is 20.9. The summed E-state index contributed by atoms with van der Waals surface area (Å²) in [5, 5.41) is 11.1. The highest BCUT2D eigenvalue weighted by Crippen LogP contribution is 2.30. The van der Waals surface area contributed by atoms with Crippen LogP contribution in [0.2, 0.25) is 5.02 Å². The number of nitrogens with zero attached hydrogens (tertiary/aromatic N) is 1. The Balaban J connectivity index is 1.89.